The largest absolute Gasteiger partial charge is 0.493 e. The first-order valence-corrected chi connectivity index (χ1v) is 5.12. The quantitative estimate of drug-likeness (QED) is 0.582. The highest BCUT2D eigenvalue weighted by Crippen LogP contribution is 2.28. The van der Waals surface area contributed by atoms with Crippen LogP contribution in [0.2, 0.25) is 0 Å². The van der Waals surface area contributed by atoms with E-state index < -0.39 is 5.97 Å². The molecule has 4 heteroatoms. The van der Waals surface area contributed by atoms with Crippen LogP contribution in [0.3, 0.4) is 0 Å². The van der Waals surface area contributed by atoms with Gasteiger partial charge in [-0.15, -0.1) is 0 Å². The third-order valence-electron chi connectivity index (χ3n) is 2.06. The zero-order valence-electron chi connectivity index (χ0n) is 10.3. The van der Waals surface area contributed by atoms with E-state index in [0.29, 0.717) is 23.7 Å². The first-order chi connectivity index (χ1) is 8.08. The summed E-state index contributed by atoms with van der Waals surface area (Å²) in [7, 11) is 2.88. The second kappa shape index (κ2) is 5.94. The lowest BCUT2D eigenvalue weighted by Gasteiger charge is -2.11. The smallest absolute Gasteiger partial charge is 0.337 e. The number of rotatable bonds is 5. The van der Waals surface area contributed by atoms with Crippen LogP contribution >= 0.6 is 0 Å². The number of hydrogen-bond donors (Lipinski definition) is 0. The van der Waals surface area contributed by atoms with Crippen LogP contribution in [0.1, 0.15) is 17.3 Å². The topological polar surface area (TPSA) is 44.8 Å². The Labute approximate surface area is 101 Å². The zero-order chi connectivity index (χ0) is 12.8. The Kier molecular flexibility index (Phi) is 4.57. The van der Waals surface area contributed by atoms with E-state index in [1.807, 2.05) is 6.92 Å². The molecule has 1 aromatic rings. The van der Waals surface area contributed by atoms with E-state index in [4.69, 9.17) is 9.47 Å². The van der Waals surface area contributed by atoms with Crippen LogP contribution in [-0.4, -0.2) is 26.8 Å². The van der Waals surface area contributed by atoms with Crippen molar-refractivity contribution in [1.29, 1.82) is 0 Å². The van der Waals surface area contributed by atoms with Gasteiger partial charge >= 0.3 is 5.97 Å². The third-order valence-corrected chi connectivity index (χ3v) is 2.06. The van der Waals surface area contributed by atoms with Gasteiger partial charge in [-0.2, -0.15) is 0 Å². The Hall–Kier alpha value is -1.97. The van der Waals surface area contributed by atoms with Gasteiger partial charge in [-0.05, 0) is 30.7 Å². The summed E-state index contributed by atoms with van der Waals surface area (Å²) in [6, 6.07) is 4.88. The fraction of sp³-hybridized carbons (Fsp3) is 0.308. The number of methoxy groups -OCH3 is 2. The second-order valence-electron chi connectivity index (χ2n) is 3.60. The third kappa shape index (κ3) is 3.52. The Morgan fingerprint density at radius 1 is 1.29 bits per heavy atom. The maximum absolute atomic E-state index is 11.4. The number of hydrogen-bond acceptors (Lipinski definition) is 4. The zero-order valence-corrected chi connectivity index (χ0v) is 10.3. The van der Waals surface area contributed by atoms with E-state index in [9.17, 15) is 4.79 Å². The molecule has 0 fully saturated rings. The van der Waals surface area contributed by atoms with E-state index in [-0.39, 0.29) is 0 Å². The summed E-state index contributed by atoms with van der Waals surface area (Å²) >= 11 is 0. The maximum Gasteiger partial charge on any atom is 0.337 e. The first kappa shape index (κ1) is 13.1. The van der Waals surface area contributed by atoms with Crippen molar-refractivity contribution in [1.82, 2.24) is 0 Å². The van der Waals surface area contributed by atoms with E-state index >= 15 is 0 Å². The lowest BCUT2D eigenvalue weighted by atomic mass is 10.2. The summed E-state index contributed by atoms with van der Waals surface area (Å²) in [6.07, 6.45) is 0. The van der Waals surface area contributed by atoms with Crippen molar-refractivity contribution < 1.29 is 19.0 Å². The predicted octanol–water partition coefficient (Wildman–Crippen LogP) is 2.44. The number of carbonyl (C=O) groups excluding carboxylic acids is 1. The van der Waals surface area contributed by atoms with Gasteiger partial charge in [-0.25, -0.2) is 4.79 Å². The van der Waals surface area contributed by atoms with Crippen LogP contribution in [0.5, 0.6) is 11.5 Å². The van der Waals surface area contributed by atoms with Gasteiger partial charge in [0.15, 0.2) is 11.5 Å². The molecule has 17 heavy (non-hydrogen) atoms. The Bertz CT molecular complexity index is 423. The van der Waals surface area contributed by atoms with Crippen molar-refractivity contribution in [3.05, 3.63) is 35.9 Å². The van der Waals surface area contributed by atoms with Gasteiger partial charge in [0.05, 0.1) is 19.8 Å². The molecule has 0 amide bonds. The molecule has 1 aromatic carbocycles. The molecule has 0 heterocycles. The van der Waals surface area contributed by atoms with Gasteiger partial charge in [0.1, 0.15) is 6.61 Å². The van der Waals surface area contributed by atoms with Gasteiger partial charge in [-0.1, -0.05) is 6.58 Å². The fourth-order valence-electron chi connectivity index (χ4n) is 1.24. The lowest BCUT2D eigenvalue weighted by molar-refractivity contribution is 0.0600. The van der Waals surface area contributed by atoms with Gasteiger partial charge in [0, 0.05) is 0 Å². The normalized spacial score (nSPS) is 9.59. The van der Waals surface area contributed by atoms with Gasteiger partial charge < -0.3 is 14.2 Å². The minimum absolute atomic E-state index is 0.376. The summed E-state index contributed by atoms with van der Waals surface area (Å²) in [5.41, 5.74) is 1.31. The molecule has 0 spiro atoms. The monoisotopic (exact) mass is 236 g/mol. The standard InChI is InChI=1S/C13H16O4/c1-9(2)8-17-12-7-10(13(14)16-4)5-6-11(12)15-3/h5-7H,1,8H2,2-4H3. The summed E-state index contributed by atoms with van der Waals surface area (Å²) in [6.45, 7) is 5.98. The highest BCUT2D eigenvalue weighted by atomic mass is 16.5. The number of benzene rings is 1. The van der Waals surface area contributed by atoms with E-state index in [0.717, 1.165) is 5.57 Å². The minimum atomic E-state index is -0.409. The van der Waals surface area contributed by atoms with Gasteiger partial charge in [-0.3, -0.25) is 0 Å². The maximum atomic E-state index is 11.4. The number of esters is 1. The van der Waals surface area contributed by atoms with Crippen molar-refractivity contribution in [2.24, 2.45) is 0 Å². The molecule has 0 saturated carbocycles. The SMILES string of the molecule is C=C(C)COc1cc(C(=O)OC)ccc1OC. The minimum Gasteiger partial charge on any atom is -0.493 e. The van der Waals surface area contributed by atoms with Crippen LogP contribution in [0.4, 0.5) is 0 Å². The Balaban J connectivity index is 2.97. The van der Waals surface area contributed by atoms with E-state index in [1.165, 1.54) is 7.11 Å². The average molecular weight is 236 g/mol. The summed E-state index contributed by atoms with van der Waals surface area (Å²) in [5.74, 6) is 0.658. The van der Waals surface area contributed by atoms with Gasteiger partial charge in [0.25, 0.3) is 0 Å². The molecule has 0 radical (unpaired) electrons. The summed E-state index contributed by atoms with van der Waals surface area (Å²) in [5, 5.41) is 0. The molecule has 0 aliphatic carbocycles. The van der Waals surface area contributed by atoms with E-state index in [1.54, 1.807) is 25.3 Å². The molecular formula is C13H16O4. The molecule has 0 aliphatic heterocycles. The van der Waals surface area contributed by atoms with Crippen LogP contribution in [0, 0.1) is 0 Å². The van der Waals surface area contributed by atoms with Gasteiger partial charge in [0.2, 0.25) is 0 Å². The molecule has 0 unspecified atom stereocenters. The molecule has 0 aromatic heterocycles. The summed E-state index contributed by atoms with van der Waals surface area (Å²) in [4.78, 5) is 11.4. The van der Waals surface area contributed by atoms with Crippen molar-refractivity contribution in [2.45, 2.75) is 6.92 Å². The molecule has 0 saturated heterocycles. The fourth-order valence-corrected chi connectivity index (χ4v) is 1.24. The number of carbonyl (C=O) groups is 1. The van der Waals surface area contributed by atoms with Crippen LogP contribution in [0.25, 0.3) is 0 Å². The molecule has 1 rings (SSSR count). The highest BCUT2D eigenvalue weighted by molar-refractivity contribution is 5.90. The van der Waals surface area contributed by atoms with Crippen LogP contribution in [0.15, 0.2) is 30.4 Å². The molecule has 0 bridgehead atoms. The van der Waals surface area contributed by atoms with Crippen molar-refractivity contribution in [2.75, 3.05) is 20.8 Å². The van der Waals surface area contributed by atoms with Crippen molar-refractivity contribution in [3.8, 4) is 11.5 Å². The predicted molar refractivity (Wildman–Crippen MR) is 64.6 cm³/mol. The molecule has 4 nitrogen and oxygen atoms in total. The molecule has 0 aliphatic rings. The Morgan fingerprint density at radius 2 is 2.00 bits per heavy atom. The summed E-state index contributed by atoms with van der Waals surface area (Å²) < 4.78 is 15.3. The molecular weight excluding hydrogens is 220 g/mol. The molecule has 0 N–H and O–H groups in total. The second-order valence-corrected chi connectivity index (χ2v) is 3.60. The van der Waals surface area contributed by atoms with Crippen LogP contribution in [-0.2, 0) is 4.74 Å². The van der Waals surface area contributed by atoms with Crippen molar-refractivity contribution >= 4 is 5.97 Å². The first-order valence-electron chi connectivity index (χ1n) is 5.12. The molecule has 0 atom stereocenters. The van der Waals surface area contributed by atoms with E-state index in [2.05, 4.69) is 11.3 Å². The average Bonchev–Trinajstić information content (AvgIpc) is 2.34. The van der Waals surface area contributed by atoms with Crippen LogP contribution < -0.4 is 9.47 Å². The van der Waals surface area contributed by atoms with Crippen molar-refractivity contribution in [3.63, 3.8) is 0 Å². The number of ether oxygens (including phenoxy) is 3. The highest BCUT2D eigenvalue weighted by Gasteiger charge is 2.11. The molecule has 92 valence electrons. The Morgan fingerprint density at radius 3 is 2.53 bits per heavy atom. The lowest BCUT2D eigenvalue weighted by Crippen LogP contribution is -2.04.